The van der Waals surface area contributed by atoms with Gasteiger partial charge in [0.05, 0.1) is 29.4 Å². The molecule has 0 fully saturated rings. The second kappa shape index (κ2) is 8.90. The SMILES string of the molecule is COC(=O)c1ccc(Cn2nc(-c3ccc(C)cc3)c(Br)c2-c2ccc(C)cc2)cc1. The Morgan fingerprint density at radius 2 is 1.42 bits per heavy atom. The number of esters is 1. The fraction of sp³-hybridized carbons (Fsp3) is 0.154. The first-order valence-corrected chi connectivity index (χ1v) is 10.8. The fourth-order valence-corrected chi connectivity index (χ4v) is 4.22. The number of carbonyl (C=O) groups excluding carboxylic acids is 1. The molecule has 4 rings (SSSR count). The van der Waals surface area contributed by atoms with Crippen LogP contribution in [0.3, 0.4) is 0 Å². The Kier molecular flexibility index (Phi) is 6.05. The van der Waals surface area contributed by atoms with E-state index in [1.165, 1.54) is 18.2 Å². The molecule has 156 valence electrons. The zero-order valence-corrected chi connectivity index (χ0v) is 19.3. The van der Waals surface area contributed by atoms with Gasteiger partial charge in [0.25, 0.3) is 0 Å². The van der Waals surface area contributed by atoms with Gasteiger partial charge in [-0.15, -0.1) is 0 Å². The highest BCUT2D eigenvalue weighted by Gasteiger charge is 2.19. The molecular formula is C26H23BrN2O2. The molecule has 0 amide bonds. The summed E-state index contributed by atoms with van der Waals surface area (Å²) in [6, 6.07) is 24.3. The summed E-state index contributed by atoms with van der Waals surface area (Å²) >= 11 is 3.82. The van der Waals surface area contributed by atoms with E-state index in [4.69, 9.17) is 9.84 Å². The van der Waals surface area contributed by atoms with E-state index < -0.39 is 0 Å². The lowest BCUT2D eigenvalue weighted by Gasteiger charge is -2.09. The van der Waals surface area contributed by atoms with Crippen LogP contribution in [0.2, 0.25) is 0 Å². The van der Waals surface area contributed by atoms with Crippen LogP contribution in [0.25, 0.3) is 22.5 Å². The molecule has 0 atom stereocenters. The Bertz CT molecular complexity index is 1210. The standard InChI is InChI=1S/C26H23BrN2O2/c1-17-4-10-20(11-5-17)24-23(27)25(21-12-6-18(2)7-13-21)29(28-24)16-19-8-14-22(15-9-19)26(30)31-3/h4-15H,16H2,1-3H3. The molecule has 0 saturated carbocycles. The summed E-state index contributed by atoms with van der Waals surface area (Å²) in [5, 5.41) is 4.96. The number of benzene rings is 3. The summed E-state index contributed by atoms with van der Waals surface area (Å²) in [6.45, 7) is 4.74. The fourth-order valence-electron chi connectivity index (χ4n) is 3.47. The highest BCUT2D eigenvalue weighted by molar-refractivity contribution is 9.10. The number of aryl methyl sites for hydroxylation is 2. The van der Waals surface area contributed by atoms with Crippen molar-refractivity contribution in [3.8, 4) is 22.5 Å². The Morgan fingerprint density at radius 3 is 1.97 bits per heavy atom. The summed E-state index contributed by atoms with van der Waals surface area (Å²) < 4.78 is 7.77. The van der Waals surface area contributed by atoms with Gasteiger partial charge in [-0.25, -0.2) is 4.79 Å². The van der Waals surface area contributed by atoms with Gasteiger partial charge in [-0.05, 0) is 47.5 Å². The third-order valence-electron chi connectivity index (χ3n) is 5.25. The van der Waals surface area contributed by atoms with Gasteiger partial charge in [0, 0.05) is 11.1 Å². The first-order chi connectivity index (χ1) is 15.0. The highest BCUT2D eigenvalue weighted by Crippen LogP contribution is 2.37. The maximum Gasteiger partial charge on any atom is 0.337 e. The topological polar surface area (TPSA) is 44.1 Å². The molecule has 4 aromatic rings. The van der Waals surface area contributed by atoms with Crippen LogP contribution in [-0.4, -0.2) is 22.9 Å². The van der Waals surface area contributed by atoms with Crippen LogP contribution in [0.1, 0.15) is 27.0 Å². The second-order valence-electron chi connectivity index (χ2n) is 7.59. The average molecular weight is 475 g/mol. The predicted octanol–water partition coefficient (Wildman–Crippen LogP) is 6.43. The largest absolute Gasteiger partial charge is 0.465 e. The molecule has 1 aromatic heterocycles. The van der Waals surface area contributed by atoms with Crippen molar-refractivity contribution in [2.24, 2.45) is 0 Å². The predicted molar refractivity (Wildman–Crippen MR) is 127 cm³/mol. The van der Waals surface area contributed by atoms with E-state index in [1.807, 2.05) is 16.8 Å². The minimum atomic E-state index is -0.338. The van der Waals surface area contributed by atoms with Gasteiger partial charge in [0.2, 0.25) is 0 Å². The molecule has 1 heterocycles. The smallest absolute Gasteiger partial charge is 0.337 e. The van der Waals surface area contributed by atoms with E-state index in [0.717, 1.165) is 32.6 Å². The molecule has 0 bridgehead atoms. The molecule has 0 radical (unpaired) electrons. The summed E-state index contributed by atoms with van der Waals surface area (Å²) in [4.78, 5) is 11.7. The minimum absolute atomic E-state index is 0.338. The summed E-state index contributed by atoms with van der Waals surface area (Å²) in [6.07, 6.45) is 0. The summed E-state index contributed by atoms with van der Waals surface area (Å²) in [5.41, 5.74) is 8.08. The molecule has 31 heavy (non-hydrogen) atoms. The highest BCUT2D eigenvalue weighted by atomic mass is 79.9. The molecule has 0 unspecified atom stereocenters. The molecule has 5 heteroatoms. The monoisotopic (exact) mass is 474 g/mol. The number of rotatable bonds is 5. The van der Waals surface area contributed by atoms with Gasteiger partial charge in [-0.2, -0.15) is 5.10 Å². The maximum atomic E-state index is 11.7. The van der Waals surface area contributed by atoms with Crippen molar-refractivity contribution in [2.45, 2.75) is 20.4 Å². The Balaban J connectivity index is 1.78. The van der Waals surface area contributed by atoms with Crippen molar-refractivity contribution in [1.82, 2.24) is 9.78 Å². The van der Waals surface area contributed by atoms with Gasteiger partial charge in [-0.1, -0.05) is 71.8 Å². The number of hydrogen-bond acceptors (Lipinski definition) is 3. The number of ether oxygens (including phenoxy) is 1. The lowest BCUT2D eigenvalue weighted by molar-refractivity contribution is 0.0600. The number of methoxy groups -OCH3 is 1. The molecule has 0 aliphatic rings. The van der Waals surface area contributed by atoms with Crippen molar-refractivity contribution >= 4 is 21.9 Å². The van der Waals surface area contributed by atoms with E-state index in [2.05, 4.69) is 78.3 Å². The lowest BCUT2D eigenvalue weighted by atomic mass is 10.1. The Morgan fingerprint density at radius 1 is 0.871 bits per heavy atom. The molecule has 0 aliphatic carbocycles. The van der Waals surface area contributed by atoms with Crippen molar-refractivity contribution < 1.29 is 9.53 Å². The first kappa shape index (κ1) is 21.1. The van der Waals surface area contributed by atoms with Gasteiger partial charge in [0.15, 0.2) is 0 Å². The second-order valence-corrected chi connectivity index (χ2v) is 8.38. The van der Waals surface area contributed by atoms with Crippen molar-refractivity contribution in [2.75, 3.05) is 7.11 Å². The van der Waals surface area contributed by atoms with E-state index in [-0.39, 0.29) is 5.97 Å². The van der Waals surface area contributed by atoms with Crippen LogP contribution < -0.4 is 0 Å². The zero-order valence-electron chi connectivity index (χ0n) is 17.7. The van der Waals surface area contributed by atoms with E-state index >= 15 is 0 Å². The van der Waals surface area contributed by atoms with E-state index in [0.29, 0.717) is 12.1 Å². The number of halogens is 1. The summed E-state index contributed by atoms with van der Waals surface area (Å²) in [5.74, 6) is -0.338. The molecule has 0 spiro atoms. The van der Waals surface area contributed by atoms with Crippen LogP contribution in [-0.2, 0) is 11.3 Å². The van der Waals surface area contributed by atoms with Gasteiger partial charge in [-0.3, -0.25) is 4.68 Å². The van der Waals surface area contributed by atoms with Crippen molar-refractivity contribution in [3.63, 3.8) is 0 Å². The molecular weight excluding hydrogens is 452 g/mol. The van der Waals surface area contributed by atoms with Gasteiger partial charge < -0.3 is 4.74 Å². The maximum absolute atomic E-state index is 11.7. The van der Waals surface area contributed by atoms with Crippen LogP contribution in [0.15, 0.2) is 77.3 Å². The normalized spacial score (nSPS) is 10.8. The van der Waals surface area contributed by atoms with Crippen LogP contribution in [0.4, 0.5) is 0 Å². The van der Waals surface area contributed by atoms with Crippen molar-refractivity contribution in [3.05, 3.63) is 99.5 Å². The Hall–Kier alpha value is -3.18. The van der Waals surface area contributed by atoms with Crippen molar-refractivity contribution in [1.29, 1.82) is 0 Å². The van der Waals surface area contributed by atoms with Gasteiger partial charge >= 0.3 is 5.97 Å². The Labute approximate surface area is 190 Å². The van der Waals surface area contributed by atoms with E-state index in [1.54, 1.807) is 12.1 Å². The van der Waals surface area contributed by atoms with Crippen LogP contribution in [0, 0.1) is 13.8 Å². The average Bonchev–Trinajstić information content (AvgIpc) is 3.10. The molecule has 3 aromatic carbocycles. The molecule has 0 N–H and O–H groups in total. The quantitative estimate of drug-likeness (QED) is 0.313. The first-order valence-electron chi connectivity index (χ1n) is 10.0. The third-order valence-corrected chi connectivity index (χ3v) is 6.00. The number of carbonyl (C=O) groups is 1. The van der Waals surface area contributed by atoms with Crippen LogP contribution in [0.5, 0.6) is 0 Å². The molecule has 4 nitrogen and oxygen atoms in total. The number of aromatic nitrogens is 2. The third kappa shape index (κ3) is 4.47. The number of hydrogen-bond donors (Lipinski definition) is 0. The van der Waals surface area contributed by atoms with Gasteiger partial charge in [0.1, 0.15) is 5.69 Å². The molecule has 0 aliphatic heterocycles. The van der Waals surface area contributed by atoms with Crippen LogP contribution >= 0.6 is 15.9 Å². The molecule has 0 saturated heterocycles. The number of nitrogens with zero attached hydrogens (tertiary/aromatic N) is 2. The summed E-state index contributed by atoms with van der Waals surface area (Å²) in [7, 11) is 1.39. The zero-order chi connectivity index (χ0) is 22.0. The lowest BCUT2D eigenvalue weighted by Crippen LogP contribution is -2.05. The van der Waals surface area contributed by atoms with E-state index in [9.17, 15) is 4.79 Å². The minimum Gasteiger partial charge on any atom is -0.465 e.